The van der Waals surface area contributed by atoms with Gasteiger partial charge in [0, 0.05) is 29.4 Å². The number of aliphatic hydroxyl groups is 1. The monoisotopic (exact) mass is 466 g/mol. The van der Waals surface area contributed by atoms with E-state index in [4.69, 9.17) is 9.90 Å². The van der Waals surface area contributed by atoms with E-state index in [0.29, 0.717) is 6.42 Å². The van der Waals surface area contributed by atoms with Crippen LogP contribution in [-0.4, -0.2) is 33.4 Å². The lowest BCUT2D eigenvalue weighted by Gasteiger charge is -2.22. The summed E-state index contributed by atoms with van der Waals surface area (Å²) in [6.07, 6.45) is -1.15. The van der Waals surface area contributed by atoms with E-state index in [9.17, 15) is 18.3 Å². The summed E-state index contributed by atoms with van der Waals surface area (Å²) in [5, 5.41) is 23.0. The minimum absolute atomic E-state index is 0.229. The molecule has 32 heavy (non-hydrogen) atoms. The summed E-state index contributed by atoms with van der Waals surface area (Å²) in [6.45, 7) is 4.29. The van der Waals surface area contributed by atoms with Gasteiger partial charge >= 0.3 is 12.1 Å². The average molecular weight is 467 g/mol. The van der Waals surface area contributed by atoms with Crippen LogP contribution in [0.5, 0.6) is 0 Å². The van der Waals surface area contributed by atoms with Crippen molar-refractivity contribution in [3.8, 4) is 11.1 Å². The first-order chi connectivity index (χ1) is 15.1. The van der Waals surface area contributed by atoms with Crippen molar-refractivity contribution >= 4 is 17.3 Å². The number of aromatic nitrogens is 1. The molecular weight excluding hydrogens is 441 g/mol. The summed E-state index contributed by atoms with van der Waals surface area (Å²) in [6, 6.07) is 17.1. The molecule has 0 saturated carbocycles. The van der Waals surface area contributed by atoms with Crippen molar-refractivity contribution in [2.24, 2.45) is 0 Å². The summed E-state index contributed by atoms with van der Waals surface area (Å²) in [7, 11) is 0. The maximum Gasteiger partial charge on any atom is 0.490 e. The Labute approximate surface area is 188 Å². The third-order valence-corrected chi connectivity index (χ3v) is 5.62. The lowest BCUT2D eigenvalue weighted by atomic mass is 10.0. The Morgan fingerprint density at radius 2 is 1.62 bits per heavy atom. The highest BCUT2D eigenvalue weighted by atomic mass is 32.1. The Hall–Kier alpha value is -2.75. The van der Waals surface area contributed by atoms with Crippen LogP contribution in [-0.2, 0) is 4.79 Å². The topological polar surface area (TPSA) is 82.5 Å². The normalized spacial score (nSPS) is 14.1. The Morgan fingerprint density at radius 3 is 2.12 bits per heavy atom. The van der Waals surface area contributed by atoms with Crippen LogP contribution in [0.25, 0.3) is 11.1 Å². The van der Waals surface area contributed by atoms with Crippen LogP contribution in [0.4, 0.5) is 13.2 Å². The third-order valence-electron chi connectivity index (χ3n) is 4.65. The van der Waals surface area contributed by atoms with E-state index >= 15 is 0 Å². The van der Waals surface area contributed by atoms with Gasteiger partial charge in [0.05, 0.1) is 6.10 Å². The molecule has 9 heteroatoms. The Morgan fingerprint density at radius 1 is 1.06 bits per heavy atom. The molecule has 0 bridgehead atoms. The third kappa shape index (κ3) is 8.07. The largest absolute Gasteiger partial charge is 0.490 e. The Bertz CT molecular complexity index is 949. The molecule has 2 aromatic heterocycles. The van der Waals surface area contributed by atoms with Gasteiger partial charge in [-0.3, -0.25) is 4.98 Å². The second-order valence-electron chi connectivity index (χ2n) is 7.22. The number of hydrogen-bond acceptors (Lipinski definition) is 5. The highest BCUT2D eigenvalue weighted by Crippen LogP contribution is 2.25. The number of nitrogens with one attached hydrogen (secondary N) is 1. The van der Waals surface area contributed by atoms with E-state index in [1.54, 1.807) is 11.3 Å². The zero-order valence-corrected chi connectivity index (χ0v) is 18.4. The second kappa shape index (κ2) is 11.8. The number of carbonyl (C=O) groups is 1. The minimum Gasteiger partial charge on any atom is -0.475 e. The van der Waals surface area contributed by atoms with Gasteiger partial charge in [0.1, 0.15) is 0 Å². The van der Waals surface area contributed by atoms with Crippen LogP contribution in [0.15, 0.2) is 66.3 Å². The zero-order chi connectivity index (χ0) is 23.7. The predicted octanol–water partition coefficient (Wildman–Crippen LogP) is 5.61. The summed E-state index contributed by atoms with van der Waals surface area (Å²) in [5.74, 6) is -2.76. The van der Waals surface area contributed by atoms with E-state index in [1.165, 1.54) is 16.7 Å². The highest BCUT2D eigenvalue weighted by Gasteiger charge is 2.38. The van der Waals surface area contributed by atoms with Crippen molar-refractivity contribution in [2.45, 2.75) is 44.6 Å². The fraction of sp³-hybridized carbons (Fsp3) is 0.304. The van der Waals surface area contributed by atoms with E-state index in [-0.39, 0.29) is 12.1 Å². The molecule has 3 atom stereocenters. The fourth-order valence-corrected chi connectivity index (χ4v) is 3.76. The molecule has 0 aliphatic carbocycles. The van der Waals surface area contributed by atoms with E-state index in [0.717, 1.165) is 4.88 Å². The van der Waals surface area contributed by atoms with Gasteiger partial charge in [0.25, 0.3) is 0 Å². The van der Waals surface area contributed by atoms with Crippen LogP contribution >= 0.6 is 11.3 Å². The number of halogens is 3. The number of hydrogen-bond donors (Lipinski definition) is 3. The molecule has 172 valence electrons. The van der Waals surface area contributed by atoms with E-state index < -0.39 is 18.2 Å². The highest BCUT2D eigenvalue weighted by molar-refractivity contribution is 7.10. The number of nitrogens with zero attached hydrogens (tertiary/aromatic N) is 1. The first-order valence-corrected chi connectivity index (χ1v) is 10.7. The number of thiophene rings is 1. The maximum atomic E-state index is 10.6. The lowest BCUT2D eigenvalue weighted by Crippen LogP contribution is -2.30. The number of pyridine rings is 1. The number of rotatable bonds is 7. The fourth-order valence-electron chi connectivity index (χ4n) is 3.03. The standard InChI is InChI=1S/C21H24N2OS.C2HF3O2/c1-15(14-20(24)21-4-3-13-25-21)23-16(2)17-5-7-18(8-6-17)19-9-11-22-12-10-19;3-2(4,5)1(6)7/h3-13,15-16,20,23-24H,14H2,1-2H3;(H,6,7). The van der Waals surface area contributed by atoms with Gasteiger partial charge in [-0.1, -0.05) is 30.3 Å². The van der Waals surface area contributed by atoms with Gasteiger partial charge in [-0.2, -0.15) is 13.2 Å². The quantitative estimate of drug-likeness (QED) is 0.422. The Kier molecular flexibility index (Phi) is 9.37. The van der Waals surface area contributed by atoms with E-state index in [2.05, 4.69) is 48.4 Å². The van der Waals surface area contributed by atoms with Crippen molar-refractivity contribution in [3.05, 3.63) is 76.7 Å². The number of carboxylic acid groups (broad SMARTS) is 1. The van der Waals surface area contributed by atoms with Gasteiger partial charge in [-0.05, 0) is 60.5 Å². The Balaban J connectivity index is 0.000000451. The van der Waals surface area contributed by atoms with E-state index in [1.807, 2.05) is 42.0 Å². The summed E-state index contributed by atoms with van der Waals surface area (Å²) in [5.41, 5.74) is 3.62. The first-order valence-electron chi connectivity index (χ1n) is 9.86. The smallest absolute Gasteiger partial charge is 0.475 e. The van der Waals surface area contributed by atoms with Gasteiger partial charge in [0.2, 0.25) is 0 Å². The molecule has 0 spiro atoms. The average Bonchev–Trinajstić information content (AvgIpc) is 3.29. The van der Waals surface area contributed by atoms with Crippen LogP contribution in [0, 0.1) is 0 Å². The van der Waals surface area contributed by atoms with Crippen molar-refractivity contribution in [3.63, 3.8) is 0 Å². The van der Waals surface area contributed by atoms with Crippen molar-refractivity contribution in [1.29, 1.82) is 0 Å². The van der Waals surface area contributed by atoms with Crippen molar-refractivity contribution in [1.82, 2.24) is 10.3 Å². The summed E-state index contributed by atoms with van der Waals surface area (Å²) < 4.78 is 31.7. The maximum absolute atomic E-state index is 10.6. The SMILES string of the molecule is CC(CC(O)c1cccs1)NC(C)c1ccc(-c2ccncc2)cc1.O=C(O)C(F)(F)F. The first kappa shape index (κ1) is 25.5. The number of aliphatic carboxylic acids is 1. The van der Waals surface area contributed by atoms with Crippen LogP contribution in [0.2, 0.25) is 0 Å². The van der Waals surface area contributed by atoms with Crippen LogP contribution in [0.3, 0.4) is 0 Å². The molecule has 0 amide bonds. The zero-order valence-electron chi connectivity index (χ0n) is 17.6. The predicted molar refractivity (Wildman–Crippen MR) is 118 cm³/mol. The van der Waals surface area contributed by atoms with Gasteiger partial charge < -0.3 is 15.5 Å². The van der Waals surface area contributed by atoms with Crippen molar-refractivity contribution in [2.75, 3.05) is 0 Å². The van der Waals surface area contributed by atoms with Crippen LogP contribution < -0.4 is 5.32 Å². The minimum atomic E-state index is -5.08. The summed E-state index contributed by atoms with van der Waals surface area (Å²) >= 11 is 1.61. The molecular formula is C23H25F3N2O3S. The molecule has 2 heterocycles. The molecule has 0 radical (unpaired) electrons. The molecule has 0 saturated heterocycles. The number of aliphatic hydroxyl groups excluding tert-OH is 1. The van der Waals surface area contributed by atoms with Gasteiger partial charge in [0.15, 0.2) is 0 Å². The second-order valence-corrected chi connectivity index (χ2v) is 8.20. The van der Waals surface area contributed by atoms with Crippen LogP contribution in [0.1, 0.15) is 42.9 Å². The molecule has 3 N–H and O–H groups in total. The number of alkyl halides is 3. The number of carboxylic acids is 1. The van der Waals surface area contributed by atoms with Crippen molar-refractivity contribution < 1.29 is 28.2 Å². The molecule has 3 rings (SSSR count). The van der Waals surface area contributed by atoms with Gasteiger partial charge in [-0.15, -0.1) is 11.3 Å². The number of benzene rings is 1. The molecule has 3 unspecified atom stereocenters. The summed E-state index contributed by atoms with van der Waals surface area (Å²) in [4.78, 5) is 14.0. The molecule has 3 aromatic rings. The molecule has 0 fully saturated rings. The molecule has 1 aromatic carbocycles. The molecule has 0 aliphatic heterocycles. The molecule has 0 aliphatic rings. The van der Waals surface area contributed by atoms with Gasteiger partial charge in [-0.25, -0.2) is 4.79 Å². The molecule has 5 nitrogen and oxygen atoms in total. The lowest BCUT2D eigenvalue weighted by molar-refractivity contribution is -0.192.